The van der Waals surface area contributed by atoms with Gasteiger partial charge < -0.3 is 0 Å². The fourth-order valence-corrected chi connectivity index (χ4v) is 4.33. The predicted octanol–water partition coefficient (Wildman–Crippen LogP) is 2.96. The number of aromatic nitrogens is 3. The van der Waals surface area contributed by atoms with Crippen LogP contribution in [0.4, 0.5) is 0 Å². The molecule has 1 aromatic heterocycles. The first-order valence-electron chi connectivity index (χ1n) is 7.30. The van der Waals surface area contributed by atoms with E-state index in [1.165, 1.54) is 0 Å². The van der Waals surface area contributed by atoms with Crippen LogP contribution in [0.15, 0.2) is 9.95 Å². The lowest BCUT2D eigenvalue weighted by molar-refractivity contribution is 0.316. The standard InChI is InChI=1S/C14H22N4OS/c1-4-10-5-6-11(8-15)12(7-10)20-14-17-16-13(19)18(14)9(2)3/h9-12H,4-7H2,1-3H3,(H,16,19). The highest BCUT2D eigenvalue weighted by Gasteiger charge is 2.32. The highest BCUT2D eigenvalue weighted by Crippen LogP contribution is 2.40. The van der Waals surface area contributed by atoms with Crippen LogP contribution in [0.25, 0.3) is 0 Å². The van der Waals surface area contributed by atoms with Crippen molar-refractivity contribution in [3.8, 4) is 6.07 Å². The third kappa shape index (κ3) is 3.09. The minimum atomic E-state index is -0.168. The highest BCUT2D eigenvalue weighted by molar-refractivity contribution is 7.99. The Morgan fingerprint density at radius 3 is 2.90 bits per heavy atom. The van der Waals surface area contributed by atoms with E-state index in [1.54, 1.807) is 16.3 Å². The van der Waals surface area contributed by atoms with Crippen LogP contribution >= 0.6 is 11.8 Å². The maximum atomic E-state index is 11.8. The number of thioether (sulfide) groups is 1. The summed E-state index contributed by atoms with van der Waals surface area (Å²) in [6.07, 6.45) is 4.30. The van der Waals surface area contributed by atoms with Crippen molar-refractivity contribution < 1.29 is 0 Å². The summed E-state index contributed by atoms with van der Waals surface area (Å²) in [5, 5.41) is 16.9. The second-order valence-corrected chi connectivity index (χ2v) is 6.96. The van der Waals surface area contributed by atoms with Crippen molar-refractivity contribution in [3.05, 3.63) is 10.5 Å². The molecule has 0 spiro atoms. The summed E-state index contributed by atoms with van der Waals surface area (Å²) in [6, 6.07) is 2.51. The lowest BCUT2D eigenvalue weighted by Gasteiger charge is -2.31. The number of nitriles is 1. The Balaban J connectivity index is 2.19. The Morgan fingerprint density at radius 1 is 1.55 bits per heavy atom. The Morgan fingerprint density at radius 2 is 2.30 bits per heavy atom. The van der Waals surface area contributed by atoms with E-state index >= 15 is 0 Å². The fraction of sp³-hybridized carbons (Fsp3) is 0.786. The quantitative estimate of drug-likeness (QED) is 0.926. The normalized spacial score (nSPS) is 26.6. The van der Waals surface area contributed by atoms with Gasteiger partial charge in [0.15, 0.2) is 5.16 Å². The van der Waals surface area contributed by atoms with Gasteiger partial charge in [0, 0.05) is 11.3 Å². The molecule has 1 heterocycles. The molecule has 0 aromatic carbocycles. The number of aromatic amines is 1. The zero-order valence-electron chi connectivity index (χ0n) is 12.3. The molecule has 20 heavy (non-hydrogen) atoms. The number of rotatable bonds is 4. The molecule has 1 fully saturated rings. The molecule has 0 amide bonds. The summed E-state index contributed by atoms with van der Waals surface area (Å²) in [5.74, 6) is 0.755. The fourth-order valence-electron chi connectivity index (χ4n) is 2.82. The van der Waals surface area contributed by atoms with E-state index in [9.17, 15) is 10.1 Å². The second-order valence-electron chi connectivity index (χ2n) is 5.75. The SMILES string of the molecule is CCC1CCC(C#N)C(Sc2n[nH]c(=O)n2C(C)C)C1. The van der Waals surface area contributed by atoms with E-state index < -0.39 is 0 Å². The van der Waals surface area contributed by atoms with Crippen LogP contribution in [0.5, 0.6) is 0 Å². The van der Waals surface area contributed by atoms with Crippen LogP contribution in [-0.2, 0) is 0 Å². The molecule has 110 valence electrons. The Hall–Kier alpha value is -1.22. The molecule has 1 N–H and O–H groups in total. The molecule has 0 saturated heterocycles. The van der Waals surface area contributed by atoms with Gasteiger partial charge >= 0.3 is 5.69 Å². The number of hydrogen-bond acceptors (Lipinski definition) is 4. The van der Waals surface area contributed by atoms with E-state index in [2.05, 4.69) is 23.2 Å². The van der Waals surface area contributed by atoms with E-state index in [1.807, 2.05) is 13.8 Å². The molecule has 0 radical (unpaired) electrons. The van der Waals surface area contributed by atoms with E-state index in [0.717, 1.165) is 25.7 Å². The molecule has 0 aliphatic heterocycles. The maximum Gasteiger partial charge on any atom is 0.344 e. The first-order valence-corrected chi connectivity index (χ1v) is 8.17. The van der Waals surface area contributed by atoms with Crippen molar-refractivity contribution in [3.63, 3.8) is 0 Å². The van der Waals surface area contributed by atoms with Gasteiger partial charge in [-0.15, -0.1) is 5.10 Å². The van der Waals surface area contributed by atoms with Crippen LogP contribution < -0.4 is 5.69 Å². The molecular weight excluding hydrogens is 272 g/mol. The third-order valence-electron chi connectivity index (χ3n) is 4.09. The zero-order chi connectivity index (χ0) is 14.7. The summed E-state index contributed by atoms with van der Waals surface area (Å²) in [6.45, 7) is 6.15. The van der Waals surface area contributed by atoms with Gasteiger partial charge in [-0.25, -0.2) is 9.89 Å². The van der Waals surface area contributed by atoms with Crippen molar-refractivity contribution in [2.45, 2.75) is 62.9 Å². The van der Waals surface area contributed by atoms with Crippen LogP contribution in [0.1, 0.15) is 52.5 Å². The minimum Gasteiger partial charge on any atom is -0.268 e. The largest absolute Gasteiger partial charge is 0.344 e. The third-order valence-corrected chi connectivity index (χ3v) is 5.41. The maximum absolute atomic E-state index is 11.8. The number of H-pyrrole nitrogens is 1. The average Bonchev–Trinajstić information content (AvgIpc) is 2.79. The summed E-state index contributed by atoms with van der Waals surface area (Å²) >= 11 is 1.59. The average molecular weight is 294 g/mol. The first-order chi connectivity index (χ1) is 9.56. The van der Waals surface area contributed by atoms with Gasteiger partial charge in [0.1, 0.15) is 0 Å². The molecule has 3 unspecified atom stereocenters. The molecule has 5 nitrogen and oxygen atoms in total. The van der Waals surface area contributed by atoms with Crippen molar-refractivity contribution in [2.24, 2.45) is 11.8 Å². The van der Waals surface area contributed by atoms with Gasteiger partial charge in [0.05, 0.1) is 12.0 Å². The number of hydrogen-bond donors (Lipinski definition) is 1. The summed E-state index contributed by atoms with van der Waals surface area (Å²) < 4.78 is 1.68. The van der Waals surface area contributed by atoms with Crippen LogP contribution in [0, 0.1) is 23.2 Å². The molecule has 1 aliphatic carbocycles. The minimum absolute atomic E-state index is 0.0650. The van der Waals surface area contributed by atoms with Gasteiger partial charge in [-0.2, -0.15) is 5.26 Å². The Labute approximate surface area is 123 Å². The molecule has 1 aromatic rings. The van der Waals surface area contributed by atoms with Crippen molar-refractivity contribution in [2.75, 3.05) is 0 Å². The van der Waals surface area contributed by atoms with Gasteiger partial charge in [0.25, 0.3) is 0 Å². The van der Waals surface area contributed by atoms with E-state index in [4.69, 9.17) is 0 Å². The predicted molar refractivity (Wildman–Crippen MR) is 79.6 cm³/mol. The second kappa shape index (κ2) is 6.49. The van der Waals surface area contributed by atoms with Crippen molar-refractivity contribution >= 4 is 11.8 Å². The monoisotopic (exact) mass is 294 g/mol. The first kappa shape index (κ1) is 15.2. The lowest BCUT2D eigenvalue weighted by atomic mass is 9.81. The van der Waals surface area contributed by atoms with Crippen molar-refractivity contribution in [1.82, 2.24) is 14.8 Å². The van der Waals surface area contributed by atoms with Crippen molar-refractivity contribution in [1.29, 1.82) is 5.26 Å². The smallest absolute Gasteiger partial charge is 0.268 e. The molecular formula is C14H22N4OS. The zero-order valence-corrected chi connectivity index (χ0v) is 13.1. The van der Waals surface area contributed by atoms with E-state index in [-0.39, 0.29) is 22.9 Å². The molecule has 1 aliphatic rings. The summed E-state index contributed by atoms with van der Waals surface area (Å²) in [4.78, 5) is 11.8. The topological polar surface area (TPSA) is 74.5 Å². The van der Waals surface area contributed by atoms with Crippen LogP contribution in [0.2, 0.25) is 0 Å². The highest BCUT2D eigenvalue weighted by atomic mass is 32.2. The van der Waals surface area contributed by atoms with Gasteiger partial charge in [-0.3, -0.25) is 4.57 Å². The summed E-state index contributed by atoms with van der Waals surface area (Å²) in [5.41, 5.74) is -0.168. The molecule has 0 bridgehead atoms. The molecule has 6 heteroatoms. The van der Waals surface area contributed by atoms with Crippen LogP contribution in [-0.4, -0.2) is 20.0 Å². The van der Waals surface area contributed by atoms with Crippen LogP contribution in [0.3, 0.4) is 0 Å². The Bertz CT molecular complexity index is 542. The van der Waals surface area contributed by atoms with Gasteiger partial charge in [-0.1, -0.05) is 25.1 Å². The molecule has 1 saturated carbocycles. The summed E-state index contributed by atoms with van der Waals surface area (Å²) in [7, 11) is 0. The van der Waals surface area contributed by atoms with E-state index in [0.29, 0.717) is 11.1 Å². The molecule has 2 rings (SSSR count). The Kier molecular flexibility index (Phi) is 4.92. The molecule has 3 atom stereocenters. The number of nitrogens with one attached hydrogen (secondary N) is 1. The van der Waals surface area contributed by atoms with Gasteiger partial charge in [-0.05, 0) is 39.0 Å². The number of nitrogens with zero attached hydrogens (tertiary/aromatic N) is 3. The van der Waals surface area contributed by atoms with Gasteiger partial charge in [0.2, 0.25) is 0 Å². The lowest BCUT2D eigenvalue weighted by Crippen LogP contribution is -2.27.